The number of rotatable bonds is 5. The van der Waals surface area contributed by atoms with Crippen molar-refractivity contribution in [2.24, 2.45) is 5.92 Å². The third-order valence-electron chi connectivity index (χ3n) is 9.25. The van der Waals surface area contributed by atoms with Gasteiger partial charge in [0.05, 0.1) is 41.0 Å². The van der Waals surface area contributed by atoms with Crippen molar-refractivity contribution >= 4 is 40.9 Å². The van der Waals surface area contributed by atoms with Crippen molar-refractivity contribution < 1.29 is 28.7 Å². The zero-order valence-corrected chi connectivity index (χ0v) is 26.3. The SMILES string of the molecule is CC(C)(C(=O)Nc1ccc(C#N)c2c1CCCO2)n1cc(C#CC2CN(c3ccc4c(c3)C(=O)N(C3CCC(=O)NC3=O)C4=O)C2)cn1. The first-order valence-corrected chi connectivity index (χ1v) is 15.7. The van der Waals surface area contributed by atoms with E-state index in [1.54, 1.807) is 61.3 Å². The van der Waals surface area contributed by atoms with Crippen molar-refractivity contribution in [3.05, 3.63) is 70.5 Å². The van der Waals surface area contributed by atoms with E-state index in [0.29, 0.717) is 48.7 Å². The van der Waals surface area contributed by atoms with Crippen molar-refractivity contribution in [1.29, 1.82) is 5.26 Å². The van der Waals surface area contributed by atoms with Crippen LogP contribution in [-0.4, -0.2) is 70.0 Å². The molecule has 1 atom stereocenters. The van der Waals surface area contributed by atoms with Gasteiger partial charge in [-0.05, 0) is 63.4 Å². The summed E-state index contributed by atoms with van der Waals surface area (Å²) in [5.74, 6) is 4.59. The second kappa shape index (κ2) is 11.7. The molecule has 5 amide bonds. The van der Waals surface area contributed by atoms with Gasteiger partial charge in [-0.2, -0.15) is 10.4 Å². The largest absolute Gasteiger partial charge is 0.492 e. The van der Waals surface area contributed by atoms with E-state index in [-0.39, 0.29) is 35.8 Å². The van der Waals surface area contributed by atoms with Crippen LogP contribution in [0.5, 0.6) is 5.75 Å². The van der Waals surface area contributed by atoms with Crippen molar-refractivity contribution in [2.75, 3.05) is 29.9 Å². The third-order valence-corrected chi connectivity index (χ3v) is 9.25. The lowest BCUT2D eigenvalue weighted by Crippen LogP contribution is -2.54. The number of hydrogen-bond donors (Lipinski definition) is 2. The Balaban J connectivity index is 0.980. The second-order valence-corrected chi connectivity index (χ2v) is 12.8. The Morgan fingerprint density at radius 2 is 1.88 bits per heavy atom. The molecular formula is C35H31N7O6. The van der Waals surface area contributed by atoms with Crippen LogP contribution < -0.4 is 20.3 Å². The van der Waals surface area contributed by atoms with Gasteiger partial charge in [-0.1, -0.05) is 11.8 Å². The van der Waals surface area contributed by atoms with Gasteiger partial charge >= 0.3 is 0 Å². The van der Waals surface area contributed by atoms with Crippen LogP contribution in [0.3, 0.4) is 0 Å². The van der Waals surface area contributed by atoms with Crippen LogP contribution in [0, 0.1) is 29.1 Å². The predicted molar refractivity (Wildman–Crippen MR) is 171 cm³/mol. The topological polar surface area (TPSA) is 167 Å². The maximum Gasteiger partial charge on any atom is 0.262 e. The molecule has 4 aliphatic rings. The first-order valence-electron chi connectivity index (χ1n) is 15.7. The monoisotopic (exact) mass is 645 g/mol. The molecule has 0 aliphatic carbocycles. The number of nitrogens with zero attached hydrogens (tertiary/aromatic N) is 5. The molecule has 2 saturated heterocycles. The predicted octanol–water partition coefficient (Wildman–Crippen LogP) is 2.34. The summed E-state index contributed by atoms with van der Waals surface area (Å²) in [5, 5.41) is 19.0. The van der Waals surface area contributed by atoms with Crippen molar-refractivity contribution in [2.45, 2.75) is 51.1 Å². The summed E-state index contributed by atoms with van der Waals surface area (Å²) >= 11 is 0. The first-order chi connectivity index (χ1) is 23.0. The van der Waals surface area contributed by atoms with E-state index in [4.69, 9.17) is 4.74 Å². The normalized spacial score (nSPS) is 18.9. The van der Waals surface area contributed by atoms with Crippen LogP contribution in [-0.2, 0) is 26.3 Å². The van der Waals surface area contributed by atoms with Gasteiger partial charge in [0, 0.05) is 42.6 Å². The fourth-order valence-electron chi connectivity index (χ4n) is 6.36. The van der Waals surface area contributed by atoms with E-state index in [1.807, 2.05) is 0 Å². The number of hydrogen-bond acceptors (Lipinski definition) is 9. The number of nitriles is 1. The second-order valence-electron chi connectivity index (χ2n) is 12.8. The highest BCUT2D eigenvalue weighted by atomic mass is 16.5. The van der Waals surface area contributed by atoms with E-state index in [0.717, 1.165) is 22.6 Å². The van der Waals surface area contributed by atoms with Gasteiger partial charge in [0.15, 0.2) is 0 Å². The zero-order valence-electron chi connectivity index (χ0n) is 26.3. The number of imide groups is 2. The number of ether oxygens (including phenoxy) is 1. The molecule has 2 N–H and O–H groups in total. The molecule has 0 bridgehead atoms. The summed E-state index contributed by atoms with van der Waals surface area (Å²) < 4.78 is 7.31. The quantitative estimate of drug-likeness (QED) is 0.313. The Labute approximate surface area is 275 Å². The zero-order chi connectivity index (χ0) is 33.7. The molecule has 5 heterocycles. The number of anilines is 2. The lowest BCUT2D eigenvalue weighted by Gasteiger charge is -2.38. The number of nitrogens with one attached hydrogen (secondary N) is 2. The maximum atomic E-state index is 13.4. The number of fused-ring (bicyclic) bond motifs is 2. The van der Waals surface area contributed by atoms with E-state index in [1.165, 1.54) is 0 Å². The van der Waals surface area contributed by atoms with Crippen molar-refractivity contribution in [1.82, 2.24) is 20.0 Å². The van der Waals surface area contributed by atoms with E-state index >= 15 is 0 Å². The van der Waals surface area contributed by atoms with Crippen molar-refractivity contribution in [3.8, 4) is 23.7 Å². The molecule has 242 valence electrons. The maximum absolute atomic E-state index is 13.4. The molecule has 1 aromatic heterocycles. The molecule has 48 heavy (non-hydrogen) atoms. The summed E-state index contributed by atoms with van der Waals surface area (Å²) in [4.78, 5) is 66.5. The molecule has 0 spiro atoms. The lowest BCUT2D eigenvalue weighted by atomic mass is 9.98. The summed E-state index contributed by atoms with van der Waals surface area (Å²) in [6.45, 7) is 5.30. The summed E-state index contributed by atoms with van der Waals surface area (Å²) in [7, 11) is 0. The minimum Gasteiger partial charge on any atom is -0.492 e. The first kappa shape index (κ1) is 30.7. The molecule has 13 nitrogen and oxygen atoms in total. The molecule has 0 radical (unpaired) electrons. The van der Waals surface area contributed by atoms with Crippen LogP contribution in [0.15, 0.2) is 42.7 Å². The Bertz CT molecular complexity index is 2020. The Morgan fingerprint density at radius 1 is 1.08 bits per heavy atom. The highest BCUT2D eigenvalue weighted by Crippen LogP contribution is 2.36. The number of amides is 5. The summed E-state index contributed by atoms with van der Waals surface area (Å²) in [5.41, 5.74) is 2.76. The highest BCUT2D eigenvalue weighted by molar-refractivity contribution is 6.23. The van der Waals surface area contributed by atoms with E-state index in [2.05, 4.69) is 38.5 Å². The van der Waals surface area contributed by atoms with Crippen LogP contribution in [0.25, 0.3) is 0 Å². The molecule has 3 aromatic rings. The molecule has 2 fully saturated rings. The standard InChI is InChI=1S/C35H31N7O6/c1-35(2,34(47)38-27-10-7-22(15-36)30-25(27)4-3-13-48-30)41-19-20(16-37-41)5-6-21-17-40(18-21)23-8-9-24-26(14-23)33(46)42(32(24)45)28-11-12-29(43)39-31(28)44/h7-10,14,16,19,21,28H,3-4,11-13,17-18H2,1-2H3,(H,38,47)(H,39,43,44). The molecule has 7 rings (SSSR count). The van der Waals surface area contributed by atoms with Crippen LogP contribution in [0.4, 0.5) is 11.4 Å². The number of piperidine rings is 1. The summed E-state index contributed by atoms with van der Waals surface area (Å²) in [6.07, 6.45) is 5.03. The third kappa shape index (κ3) is 5.23. The summed E-state index contributed by atoms with van der Waals surface area (Å²) in [6, 6.07) is 9.58. The van der Waals surface area contributed by atoms with E-state index < -0.39 is 35.2 Å². The molecular weight excluding hydrogens is 614 g/mol. The Kier molecular flexibility index (Phi) is 7.47. The molecule has 2 aromatic carbocycles. The van der Waals surface area contributed by atoms with Gasteiger partial charge in [-0.25, -0.2) is 0 Å². The molecule has 0 saturated carbocycles. The van der Waals surface area contributed by atoms with Crippen LogP contribution in [0.1, 0.15) is 70.5 Å². The molecule has 13 heteroatoms. The number of aromatic nitrogens is 2. The average Bonchev–Trinajstić information content (AvgIpc) is 3.63. The van der Waals surface area contributed by atoms with Gasteiger partial charge in [0.1, 0.15) is 23.4 Å². The van der Waals surface area contributed by atoms with Crippen LogP contribution in [0.2, 0.25) is 0 Å². The smallest absolute Gasteiger partial charge is 0.262 e. The Morgan fingerprint density at radius 3 is 2.65 bits per heavy atom. The van der Waals surface area contributed by atoms with Crippen LogP contribution >= 0.6 is 0 Å². The van der Waals surface area contributed by atoms with Gasteiger partial charge in [-0.3, -0.25) is 38.9 Å². The molecule has 1 unspecified atom stereocenters. The molecule has 4 aliphatic heterocycles. The minimum atomic E-state index is -1.04. The van der Waals surface area contributed by atoms with Gasteiger partial charge < -0.3 is 15.0 Å². The Hall–Kier alpha value is -5.95. The lowest BCUT2D eigenvalue weighted by molar-refractivity contribution is -0.136. The van der Waals surface area contributed by atoms with Gasteiger partial charge in [0.2, 0.25) is 11.8 Å². The van der Waals surface area contributed by atoms with Gasteiger partial charge in [-0.15, -0.1) is 0 Å². The fourth-order valence-corrected chi connectivity index (χ4v) is 6.36. The van der Waals surface area contributed by atoms with Crippen molar-refractivity contribution in [3.63, 3.8) is 0 Å². The number of benzene rings is 2. The van der Waals surface area contributed by atoms with Gasteiger partial charge in [0.25, 0.3) is 17.7 Å². The van der Waals surface area contributed by atoms with E-state index in [9.17, 15) is 29.2 Å². The minimum absolute atomic E-state index is 0.0556. The fraction of sp³-hybridized carbons (Fsp3) is 0.343. The average molecular weight is 646 g/mol. The highest BCUT2D eigenvalue weighted by Gasteiger charge is 2.45. The number of carbonyl (C=O) groups excluding carboxylic acids is 5. The number of carbonyl (C=O) groups is 5.